The lowest BCUT2D eigenvalue weighted by Gasteiger charge is -2.31. The molecule has 0 aliphatic carbocycles. The first kappa shape index (κ1) is 16.4. The van der Waals surface area contributed by atoms with Crippen molar-refractivity contribution in [1.29, 1.82) is 0 Å². The van der Waals surface area contributed by atoms with E-state index in [2.05, 4.69) is 29.2 Å². The summed E-state index contributed by atoms with van der Waals surface area (Å²) in [4.78, 5) is 16.7. The average molecular weight is 318 g/mol. The number of carbonyl (C=O) groups excluding carboxylic acids is 1. The first-order valence-electron chi connectivity index (χ1n) is 8.32. The highest BCUT2D eigenvalue weighted by molar-refractivity contribution is 5.79. The fourth-order valence-corrected chi connectivity index (χ4v) is 3.65. The highest BCUT2D eigenvalue weighted by atomic mass is 16.5. The summed E-state index contributed by atoms with van der Waals surface area (Å²) in [7, 11) is 1.67. The number of amides is 1. The minimum atomic E-state index is -0.0733. The number of ether oxygens (including phenoxy) is 2. The van der Waals surface area contributed by atoms with Gasteiger partial charge in [0.05, 0.1) is 19.8 Å². The Bertz CT molecular complexity index is 522. The zero-order chi connectivity index (χ0) is 16.1. The van der Waals surface area contributed by atoms with Gasteiger partial charge in [-0.25, -0.2) is 0 Å². The summed E-state index contributed by atoms with van der Waals surface area (Å²) in [6, 6.07) is 10.5. The predicted molar refractivity (Wildman–Crippen MR) is 88.0 cm³/mol. The molecule has 126 valence electrons. The Labute approximate surface area is 138 Å². The molecule has 23 heavy (non-hydrogen) atoms. The largest absolute Gasteiger partial charge is 0.383 e. The van der Waals surface area contributed by atoms with Gasteiger partial charge in [-0.15, -0.1) is 0 Å². The normalized spacial score (nSPS) is 26.0. The molecule has 5 heteroatoms. The van der Waals surface area contributed by atoms with Crippen molar-refractivity contribution in [3.05, 3.63) is 35.9 Å². The fraction of sp³-hybridized carbons (Fsp3) is 0.611. The summed E-state index contributed by atoms with van der Waals surface area (Å²) in [5.74, 6) is 0.229. The monoisotopic (exact) mass is 318 g/mol. The predicted octanol–water partition coefficient (Wildman–Crippen LogP) is 1.38. The van der Waals surface area contributed by atoms with Crippen LogP contribution in [0.15, 0.2) is 30.3 Å². The van der Waals surface area contributed by atoms with E-state index >= 15 is 0 Å². The van der Waals surface area contributed by atoms with Gasteiger partial charge in [0, 0.05) is 51.7 Å². The van der Waals surface area contributed by atoms with Crippen LogP contribution < -0.4 is 0 Å². The van der Waals surface area contributed by atoms with Crippen molar-refractivity contribution in [2.45, 2.75) is 13.0 Å². The second-order valence-electron chi connectivity index (χ2n) is 6.73. The maximum atomic E-state index is 12.3. The van der Waals surface area contributed by atoms with E-state index in [0.717, 1.165) is 32.8 Å². The number of nitrogens with zero attached hydrogens (tertiary/aromatic N) is 2. The summed E-state index contributed by atoms with van der Waals surface area (Å²) < 4.78 is 11.0. The van der Waals surface area contributed by atoms with E-state index in [0.29, 0.717) is 26.2 Å². The van der Waals surface area contributed by atoms with Gasteiger partial charge in [0.25, 0.3) is 0 Å². The molecule has 1 aromatic rings. The Morgan fingerprint density at radius 3 is 2.87 bits per heavy atom. The Morgan fingerprint density at radius 1 is 1.26 bits per heavy atom. The third-order valence-electron chi connectivity index (χ3n) is 4.74. The second-order valence-corrected chi connectivity index (χ2v) is 6.73. The highest BCUT2D eigenvalue weighted by Crippen LogP contribution is 2.34. The summed E-state index contributed by atoms with van der Waals surface area (Å²) in [5.41, 5.74) is 1.24. The smallest absolute Gasteiger partial charge is 0.223 e. The van der Waals surface area contributed by atoms with Crippen molar-refractivity contribution < 1.29 is 14.3 Å². The van der Waals surface area contributed by atoms with Gasteiger partial charge in [0.2, 0.25) is 5.91 Å². The van der Waals surface area contributed by atoms with E-state index < -0.39 is 0 Å². The number of methoxy groups -OCH3 is 1. The van der Waals surface area contributed by atoms with E-state index in [4.69, 9.17) is 9.47 Å². The third-order valence-corrected chi connectivity index (χ3v) is 4.74. The summed E-state index contributed by atoms with van der Waals surface area (Å²) in [6.45, 7) is 6.21. The molecule has 1 aromatic carbocycles. The molecule has 0 aromatic heterocycles. The zero-order valence-electron chi connectivity index (χ0n) is 13.9. The number of hydrogen-bond donors (Lipinski definition) is 0. The lowest BCUT2D eigenvalue weighted by Crippen LogP contribution is -2.40. The molecular weight excluding hydrogens is 292 g/mol. The van der Waals surface area contributed by atoms with Gasteiger partial charge in [-0.2, -0.15) is 0 Å². The van der Waals surface area contributed by atoms with Crippen molar-refractivity contribution in [2.24, 2.45) is 5.41 Å². The molecule has 0 N–H and O–H groups in total. The van der Waals surface area contributed by atoms with Crippen LogP contribution in [0.1, 0.15) is 12.0 Å². The molecule has 2 saturated heterocycles. The van der Waals surface area contributed by atoms with Crippen molar-refractivity contribution >= 4 is 5.91 Å². The van der Waals surface area contributed by atoms with Gasteiger partial charge in [-0.05, 0) is 5.56 Å². The number of hydrogen-bond acceptors (Lipinski definition) is 4. The summed E-state index contributed by atoms with van der Waals surface area (Å²) in [5, 5.41) is 0. The maximum absolute atomic E-state index is 12.3. The molecule has 1 atom stereocenters. The molecule has 1 spiro atoms. The minimum Gasteiger partial charge on any atom is -0.383 e. The van der Waals surface area contributed by atoms with Crippen LogP contribution in [0.5, 0.6) is 0 Å². The van der Waals surface area contributed by atoms with Gasteiger partial charge in [0.1, 0.15) is 0 Å². The molecule has 0 unspecified atom stereocenters. The standard InChI is InChI=1S/C18H26N2O3/c1-22-9-8-20-14-18(11-17(20)21)13-19(7-10-23-15-18)12-16-5-3-2-4-6-16/h2-6H,7-15H2,1H3/t18-/m1/s1. The van der Waals surface area contributed by atoms with Gasteiger partial charge in [-0.1, -0.05) is 30.3 Å². The third kappa shape index (κ3) is 4.10. The molecule has 2 aliphatic heterocycles. The van der Waals surface area contributed by atoms with Gasteiger partial charge >= 0.3 is 0 Å². The van der Waals surface area contributed by atoms with E-state index in [1.54, 1.807) is 7.11 Å². The highest BCUT2D eigenvalue weighted by Gasteiger charge is 2.45. The van der Waals surface area contributed by atoms with Crippen LogP contribution >= 0.6 is 0 Å². The Balaban J connectivity index is 1.66. The molecule has 2 heterocycles. The van der Waals surface area contributed by atoms with Gasteiger partial charge in [0.15, 0.2) is 0 Å². The zero-order valence-corrected chi connectivity index (χ0v) is 13.9. The number of rotatable bonds is 5. The van der Waals surface area contributed by atoms with Gasteiger partial charge in [-0.3, -0.25) is 9.69 Å². The lowest BCUT2D eigenvalue weighted by atomic mass is 9.87. The SMILES string of the molecule is COCCN1C[C@@]2(COCCN(Cc3ccccc3)C2)CC1=O. The van der Waals surface area contributed by atoms with Crippen LogP contribution in [0.25, 0.3) is 0 Å². The van der Waals surface area contributed by atoms with Crippen LogP contribution in [-0.2, 0) is 20.8 Å². The Hall–Kier alpha value is -1.43. The van der Waals surface area contributed by atoms with Crippen LogP contribution in [0, 0.1) is 5.41 Å². The van der Waals surface area contributed by atoms with E-state index in [9.17, 15) is 4.79 Å². The van der Waals surface area contributed by atoms with Gasteiger partial charge < -0.3 is 14.4 Å². The number of carbonyl (C=O) groups is 1. The molecule has 1 amide bonds. The summed E-state index contributed by atoms with van der Waals surface area (Å²) >= 11 is 0. The molecule has 5 nitrogen and oxygen atoms in total. The Kier molecular flexibility index (Phi) is 5.30. The number of likely N-dealkylation sites (tertiary alicyclic amines) is 1. The van der Waals surface area contributed by atoms with Crippen molar-refractivity contribution in [1.82, 2.24) is 9.80 Å². The molecule has 0 radical (unpaired) electrons. The maximum Gasteiger partial charge on any atom is 0.223 e. The van der Waals surface area contributed by atoms with E-state index in [-0.39, 0.29) is 11.3 Å². The van der Waals surface area contributed by atoms with Crippen LogP contribution in [-0.4, -0.2) is 68.8 Å². The summed E-state index contributed by atoms with van der Waals surface area (Å²) in [6.07, 6.45) is 0.585. The van der Waals surface area contributed by atoms with E-state index in [1.165, 1.54) is 5.56 Å². The van der Waals surface area contributed by atoms with Crippen molar-refractivity contribution in [3.63, 3.8) is 0 Å². The van der Waals surface area contributed by atoms with Crippen LogP contribution in [0.2, 0.25) is 0 Å². The second kappa shape index (κ2) is 7.43. The topological polar surface area (TPSA) is 42.0 Å². The quantitative estimate of drug-likeness (QED) is 0.823. The molecule has 2 aliphatic rings. The Morgan fingerprint density at radius 2 is 2.09 bits per heavy atom. The van der Waals surface area contributed by atoms with Crippen LogP contribution in [0.4, 0.5) is 0 Å². The van der Waals surface area contributed by atoms with Crippen LogP contribution in [0.3, 0.4) is 0 Å². The van der Waals surface area contributed by atoms with Crippen molar-refractivity contribution in [3.8, 4) is 0 Å². The number of benzene rings is 1. The fourth-order valence-electron chi connectivity index (χ4n) is 3.65. The lowest BCUT2D eigenvalue weighted by molar-refractivity contribution is -0.128. The minimum absolute atomic E-state index is 0.0733. The molecule has 3 rings (SSSR count). The van der Waals surface area contributed by atoms with Crippen molar-refractivity contribution in [2.75, 3.05) is 53.1 Å². The molecule has 0 saturated carbocycles. The molecule has 2 fully saturated rings. The molecular formula is C18H26N2O3. The molecule has 0 bridgehead atoms. The van der Waals surface area contributed by atoms with E-state index in [1.807, 2.05) is 11.0 Å². The average Bonchev–Trinajstić information content (AvgIpc) is 2.72. The first-order valence-corrected chi connectivity index (χ1v) is 8.32. The first-order chi connectivity index (χ1) is 11.2.